The van der Waals surface area contributed by atoms with E-state index in [0.717, 1.165) is 55.5 Å². The quantitative estimate of drug-likeness (QED) is 0.214. The third-order valence-electron chi connectivity index (χ3n) is 8.43. The molecule has 0 radical (unpaired) electrons. The number of para-hydroxylation sites is 3. The van der Waals surface area contributed by atoms with Crippen LogP contribution in [0.4, 0.5) is 0 Å². The summed E-state index contributed by atoms with van der Waals surface area (Å²) in [7, 11) is 0. The van der Waals surface area contributed by atoms with Crippen LogP contribution >= 0.6 is 0 Å². The van der Waals surface area contributed by atoms with Crippen molar-refractivity contribution in [3.05, 3.63) is 152 Å². The Hall–Kier alpha value is -6.00. The summed E-state index contributed by atoms with van der Waals surface area (Å²) in [5.74, 6) is 0.671. The molecule has 0 saturated heterocycles. The summed E-state index contributed by atoms with van der Waals surface area (Å²) in [6.45, 7) is 0. The van der Waals surface area contributed by atoms with E-state index in [1.165, 1.54) is 16.5 Å². The van der Waals surface area contributed by atoms with Crippen LogP contribution in [0, 0.1) is 0 Å². The minimum atomic E-state index is 0.671. The minimum absolute atomic E-state index is 0.671. The lowest BCUT2D eigenvalue weighted by Crippen LogP contribution is -1.95. The van der Waals surface area contributed by atoms with Gasteiger partial charge in [-0.05, 0) is 59.7 Å². The zero-order chi connectivity index (χ0) is 29.0. The van der Waals surface area contributed by atoms with Gasteiger partial charge in [0, 0.05) is 33.0 Å². The maximum absolute atomic E-state index is 6.40. The van der Waals surface area contributed by atoms with Crippen molar-refractivity contribution in [3.63, 3.8) is 0 Å². The number of furan rings is 1. The summed E-state index contributed by atoms with van der Waals surface area (Å²) >= 11 is 0. The zero-order valence-electron chi connectivity index (χ0n) is 23.7. The van der Waals surface area contributed by atoms with Crippen molar-refractivity contribution in [2.75, 3.05) is 0 Å². The van der Waals surface area contributed by atoms with Crippen LogP contribution in [0.5, 0.6) is 0 Å². The molecule has 0 aliphatic carbocycles. The van der Waals surface area contributed by atoms with E-state index in [4.69, 9.17) is 14.4 Å². The molecule has 0 N–H and O–H groups in total. The highest BCUT2D eigenvalue weighted by Gasteiger charge is 2.19. The summed E-state index contributed by atoms with van der Waals surface area (Å²) in [6.07, 6.45) is 0. The molecule has 0 bridgehead atoms. The van der Waals surface area contributed by atoms with Crippen LogP contribution in [0.1, 0.15) is 0 Å². The number of fused-ring (bicyclic) bond motifs is 6. The van der Waals surface area contributed by atoms with E-state index in [1.54, 1.807) is 0 Å². The van der Waals surface area contributed by atoms with Crippen LogP contribution in [0.25, 0.3) is 83.3 Å². The van der Waals surface area contributed by atoms with Gasteiger partial charge in [0.25, 0.3) is 0 Å². The van der Waals surface area contributed by atoms with Gasteiger partial charge < -0.3 is 8.98 Å². The number of benzene rings is 6. The summed E-state index contributed by atoms with van der Waals surface area (Å²) in [6, 6.07) is 52.6. The van der Waals surface area contributed by atoms with E-state index in [-0.39, 0.29) is 0 Å². The van der Waals surface area contributed by atoms with Gasteiger partial charge in [0.05, 0.1) is 11.0 Å². The molecule has 6 aromatic carbocycles. The van der Waals surface area contributed by atoms with Gasteiger partial charge in [-0.1, -0.05) is 103 Å². The molecule has 0 unspecified atom stereocenters. The molecular weight excluding hydrogens is 538 g/mol. The fraction of sp³-hybridized carbons (Fsp3) is 0. The highest BCUT2D eigenvalue weighted by molar-refractivity contribution is 6.11. The average molecular weight is 564 g/mol. The van der Waals surface area contributed by atoms with E-state index in [0.29, 0.717) is 11.4 Å². The first-order valence-corrected chi connectivity index (χ1v) is 14.8. The van der Waals surface area contributed by atoms with Crippen LogP contribution in [0.2, 0.25) is 0 Å². The van der Waals surface area contributed by atoms with E-state index in [1.807, 2.05) is 24.3 Å². The van der Waals surface area contributed by atoms with Gasteiger partial charge in [-0.25, -0.2) is 9.97 Å². The SMILES string of the molecule is c1ccc(-c2ccc(-c3nc(-c4ccc5c(c4)c4ccccc4n5-c4ccccc4)nc4c3oc3ccccc34)cc2)cc1. The Labute approximate surface area is 253 Å². The molecule has 0 atom stereocenters. The smallest absolute Gasteiger partial charge is 0.180 e. The molecule has 9 aromatic rings. The van der Waals surface area contributed by atoms with E-state index in [2.05, 4.69) is 132 Å². The topological polar surface area (TPSA) is 43.9 Å². The molecule has 9 rings (SSSR count). The summed E-state index contributed by atoms with van der Waals surface area (Å²) in [5, 5.41) is 3.34. The Morgan fingerprint density at radius 2 is 1.07 bits per heavy atom. The lowest BCUT2D eigenvalue weighted by Gasteiger charge is -2.09. The summed E-state index contributed by atoms with van der Waals surface area (Å²) in [5.41, 5.74) is 10.8. The molecule has 0 aliphatic rings. The number of hydrogen-bond acceptors (Lipinski definition) is 3. The number of hydrogen-bond donors (Lipinski definition) is 0. The van der Waals surface area contributed by atoms with Crippen molar-refractivity contribution in [2.24, 2.45) is 0 Å². The predicted octanol–water partition coefficient (Wildman–Crippen LogP) is 10.5. The van der Waals surface area contributed by atoms with Crippen molar-refractivity contribution in [3.8, 4) is 39.5 Å². The molecule has 3 heterocycles. The molecular formula is C40H25N3O. The normalized spacial score (nSPS) is 11.6. The molecule has 3 aromatic heterocycles. The Bertz CT molecular complexity index is 2470. The molecule has 4 nitrogen and oxygen atoms in total. The van der Waals surface area contributed by atoms with Crippen molar-refractivity contribution in [1.82, 2.24) is 14.5 Å². The molecule has 0 saturated carbocycles. The molecule has 44 heavy (non-hydrogen) atoms. The molecule has 0 fully saturated rings. The minimum Gasteiger partial charge on any atom is -0.452 e. The molecule has 0 amide bonds. The Kier molecular flexibility index (Phi) is 5.47. The first kappa shape index (κ1) is 24.6. The van der Waals surface area contributed by atoms with Crippen molar-refractivity contribution >= 4 is 43.9 Å². The van der Waals surface area contributed by atoms with Crippen molar-refractivity contribution in [1.29, 1.82) is 0 Å². The van der Waals surface area contributed by atoms with Crippen LogP contribution in [-0.2, 0) is 0 Å². The predicted molar refractivity (Wildman–Crippen MR) is 180 cm³/mol. The van der Waals surface area contributed by atoms with E-state index < -0.39 is 0 Å². The summed E-state index contributed by atoms with van der Waals surface area (Å²) < 4.78 is 8.72. The molecule has 0 aliphatic heterocycles. The van der Waals surface area contributed by atoms with Crippen molar-refractivity contribution < 1.29 is 4.42 Å². The Balaban J connectivity index is 1.26. The molecule has 0 spiro atoms. The fourth-order valence-corrected chi connectivity index (χ4v) is 6.33. The highest BCUT2D eigenvalue weighted by Crippen LogP contribution is 2.38. The van der Waals surface area contributed by atoms with Gasteiger partial charge in [-0.15, -0.1) is 0 Å². The fourth-order valence-electron chi connectivity index (χ4n) is 6.33. The third-order valence-corrected chi connectivity index (χ3v) is 8.43. The number of nitrogens with zero attached hydrogens (tertiary/aromatic N) is 3. The van der Waals surface area contributed by atoms with Crippen LogP contribution < -0.4 is 0 Å². The maximum Gasteiger partial charge on any atom is 0.180 e. The largest absolute Gasteiger partial charge is 0.452 e. The standard InChI is InChI=1S/C40H25N3O/c1-3-11-26(12-4-1)27-19-21-28(22-20-27)37-39-38(32-16-8-10-18-36(32)44-39)42-40(41-37)29-23-24-35-33(25-29)31-15-7-9-17-34(31)43(35)30-13-5-2-6-14-30/h1-25H. The van der Waals surface area contributed by atoms with E-state index >= 15 is 0 Å². The van der Waals surface area contributed by atoms with E-state index in [9.17, 15) is 0 Å². The average Bonchev–Trinajstić information content (AvgIpc) is 3.64. The zero-order valence-corrected chi connectivity index (χ0v) is 23.7. The van der Waals surface area contributed by atoms with Crippen LogP contribution in [-0.4, -0.2) is 14.5 Å². The van der Waals surface area contributed by atoms with Gasteiger partial charge in [-0.3, -0.25) is 0 Å². The second kappa shape index (κ2) is 9.79. The molecule has 206 valence electrons. The summed E-state index contributed by atoms with van der Waals surface area (Å²) in [4.78, 5) is 10.3. The van der Waals surface area contributed by atoms with Crippen molar-refractivity contribution in [2.45, 2.75) is 0 Å². The lowest BCUT2D eigenvalue weighted by atomic mass is 10.0. The van der Waals surface area contributed by atoms with Crippen LogP contribution in [0.3, 0.4) is 0 Å². The Morgan fingerprint density at radius 1 is 0.455 bits per heavy atom. The number of rotatable bonds is 4. The molecule has 4 heteroatoms. The second-order valence-electron chi connectivity index (χ2n) is 11.0. The second-order valence-corrected chi connectivity index (χ2v) is 11.0. The highest BCUT2D eigenvalue weighted by atomic mass is 16.3. The van der Waals surface area contributed by atoms with Gasteiger partial charge in [0.15, 0.2) is 11.4 Å². The monoisotopic (exact) mass is 563 g/mol. The lowest BCUT2D eigenvalue weighted by molar-refractivity contribution is 0.667. The van der Waals surface area contributed by atoms with Gasteiger partial charge >= 0.3 is 0 Å². The first-order chi connectivity index (χ1) is 21.8. The first-order valence-electron chi connectivity index (χ1n) is 14.8. The maximum atomic E-state index is 6.40. The van der Waals surface area contributed by atoms with Gasteiger partial charge in [-0.2, -0.15) is 0 Å². The number of aromatic nitrogens is 3. The third kappa shape index (κ3) is 3.85. The Morgan fingerprint density at radius 3 is 1.89 bits per heavy atom. The van der Waals surface area contributed by atoms with Gasteiger partial charge in [0.1, 0.15) is 16.8 Å². The van der Waals surface area contributed by atoms with Gasteiger partial charge in [0.2, 0.25) is 0 Å². The van der Waals surface area contributed by atoms with Crippen LogP contribution in [0.15, 0.2) is 156 Å².